The second-order valence-corrected chi connectivity index (χ2v) is 5.09. The zero-order valence-corrected chi connectivity index (χ0v) is 12.5. The van der Waals surface area contributed by atoms with Gasteiger partial charge < -0.3 is 5.11 Å². The van der Waals surface area contributed by atoms with Gasteiger partial charge in [-0.25, -0.2) is 5.43 Å². The molecule has 1 heterocycles. The molecule has 0 bridgehead atoms. The van der Waals surface area contributed by atoms with E-state index in [0.29, 0.717) is 5.71 Å². The molecule has 5 nitrogen and oxygen atoms in total. The van der Waals surface area contributed by atoms with Crippen LogP contribution in [0.5, 0.6) is 5.75 Å². The van der Waals surface area contributed by atoms with E-state index in [0.717, 1.165) is 16.3 Å². The molecule has 0 saturated heterocycles. The molecule has 0 atom stereocenters. The van der Waals surface area contributed by atoms with Crippen molar-refractivity contribution in [3.05, 3.63) is 72.1 Å². The molecular weight excluding hydrogens is 290 g/mol. The van der Waals surface area contributed by atoms with Crippen LogP contribution >= 0.6 is 0 Å². The van der Waals surface area contributed by atoms with Gasteiger partial charge in [-0.1, -0.05) is 24.3 Å². The molecule has 1 aromatic heterocycles. The number of phenols is 1. The predicted octanol–water partition coefficient (Wildman–Crippen LogP) is 3.09. The lowest BCUT2D eigenvalue weighted by atomic mass is 10.1. The highest BCUT2D eigenvalue weighted by atomic mass is 16.3. The Morgan fingerprint density at radius 2 is 1.74 bits per heavy atom. The number of carbonyl (C=O) groups excluding carboxylic acids is 1. The number of aromatic nitrogens is 1. The highest BCUT2D eigenvalue weighted by Gasteiger charge is 2.12. The molecule has 0 unspecified atom stereocenters. The topological polar surface area (TPSA) is 74.6 Å². The molecule has 0 aliphatic heterocycles. The summed E-state index contributed by atoms with van der Waals surface area (Å²) < 4.78 is 0. The number of benzene rings is 2. The second-order valence-electron chi connectivity index (χ2n) is 5.09. The molecule has 0 radical (unpaired) electrons. The minimum Gasteiger partial charge on any atom is -0.507 e. The lowest BCUT2D eigenvalue weighted by molar-refractivity contribution is 0.0952. The molecule has 1 amide bonds. The van der Waals surface area contributed by atoms with Gasteiger partial charge in [0.2, 0.25) is 0 Å². The van der Waals surface area contributed by atoms with Crippen LogP contribution < -0.4 is 5.43 Å². The number of pyridine rings is 1. The van der Waals surface area contributed by atoms with E-state index in [2.05, 4.69) is 15.5 Å². The summed E-state index contributed by atoms with van der Waals surface area (Å²) in [6, 6.07) is 14.4. The van der Waals surface area contributed by atoms with Crippen molar-refractivity contribution in [3.8, 4) is 5.75 Å². The van der Waals surface area contributed by atoms with Gasteiger partial charge in [-0.15, -0.1) is 0 Å². The molecule has 3 aromatic rings. The highest BCUT2D eigenvalue weighted by Crippen LogP contribution is 2.24. The third-order valence-corrected chi connectivity index (χ3v) is 3.53. The quantitative estimate of drug-likeness (QED) is 0.577. The maximum Gasteiger partial charge on any atom is 0.275 e. The van der Waals surface area contributed by atoms with Crippen molar-refractivity contribution in [2.45, 2.75) is 6.92 Å². The monoisotopic (exact) mass is 305 g/mol. The molecule has 0 spiro atoms. The molecular formula is C18H15N3O2. The fourth-order valence-electron chi connectivity index (χ4n) is 2.26. The van der Waals surface area contributed by atoms with Crippen molar-refractivity contribution < 1.29 is 9.90 Å². The number of nitrogens with one attached hydrogen (secondary N) is 1. The first-order valence-electron chi connectivity index (χ1n) is 7.12. The third-order valence-electron chi connectivity index (χ3n) is 3.53. The molecule has 0 aliphatic rings. The largest absolute Gasteiger partial charge is 0.507 e. The van der Waals surface area contributed by atoms with Gasteiger partial charge in [0.25, 0.3) is 5.91 Å². The number of rotatable bonds is 3. The first-order valence-corrected chi connectivity index (χ1v) is 7.12. The van der Waals surface area contributed by atoms with Crippen LogP contribution in [-0.2, 0) is 0 Å². The number of hydrazone groups is 1. The van der Waals surface area contributed by atoms with E-state index < -0.39 is 5.91 Å². The maximum absolute atomic E-state index is 12.3. The summed E-state index contributed by atoms with van der Waals surface area (Å²) in [6.07, 6.45) is 3.32. The number of hydrogen-bond donors (Lipinski definition) is 2. The van der Waals surface area contributed by atoms with Crippen LogP contribution in [-0.4, -0.2) is 21.7 Å². The molecule has 2 N–H and O–H groups in total. The van der Waals surface area contributed by atoms with E-state index in [1.165, 1.54) is 0 Å². The van der Waals surface area contributed by atoms with E-state index in [9.17, 15) is 9.90 Å². The lowest BCUT2D eigenvalue weighted by Crippen LogP contribution is -2.19. The van der Waals surface area contributed by atoms with Crippen molar-refractivity contribution in [2.75, 3.05) is 0 Å². The second kappa shape index (κ2) is 6.27. The summed E-state index contributed by atoms with van der Waals surface area (Å²) >= 11 is 0. The van der Waals surface area contributed by atoms with Crippen LogP contribution in [0.4, 0.5) is 0 Å². The number of fused-ring (bicyclic) bond motifs is 1. The van der Waals surface area contributed by atoms with Crippen molar-refractivity contribution in [1.82, 2.24) is 10.4 Å². The average molecular weight is 305 g/mol. The van der Waals surface area contributed by atoms with Crippen molar-refractivity contribution >= 4 is 22.4 Å². The maximum atomic E-state index is 12.3. The van der Waals surface area contributed by atoms with Gasteiger partial charge >= 0.3 is 0 Å². The normalized spacial score (nSPS) is 11.4. The van der Waals surface area contributed by atoms with E-state index in [1.54, 1.807) is 43.6 Å². The molecule has 0 aliphatic carbocycles. The minimum atomic E-state index is -0.457. The van der Waals surface area contributed by atoms with Gasteiger partial charge in [0.1, 0.15) is 5.75 Å². The third kappa shape index (κ3) is 3.18. The first kappa shape index (κ1) is 14.7. The Bertz CT molecular complexity index is 889. The molecule has 5 heteroatoms. The minimum absolute atomic E-state index is 0.0713. The van der Waals surface area contributed by atoms with Gasteiger partial charge in [0.05, 0.1) is 11.3 Å². The Kier molecular flexibility index (Phi) is 4.01. The van der Waals surface area contributed by atoms with Gasteiger partial charge in [-0.3, -0.25) is 9.78 Å². The number of hydrogen-bond acceptors (Lipinski definition) is 4. The summed E-state index contributed by atoms with van der Waals surface area (Å²) in [5.41, 5.74) is 4.18. The summed E-state index contributed by atoms with van der Waals surface area (Å²) in [6.45, 7) is 1.79. The van der Waals surface area contributed by atoms with E-state index >= 15 is 0 Å². The SMILES string of the molecule is C/C(=N/NC(=O)c1cc2ccccc2cc1O)c1ccncc1. The van der Waals surface area contributed by atoms with Crippen LogP contribution in [0.2, 0.25) is 0 Å². The van der Waals surface area contributed by atoms with Gasteiger partial charge in [0.15, 0.2) is 0 Å². The number of nitrogens with zero attached hydrogens (tertiary/aromatic N) is 2. The van der Waals surface area contributed by atoms with E-state index in [1.807, 2.05) is 24.3 Å². The fraction of sp³-hybridized carbons (Fsp3) is 0.0556. The average Bonchev–Trinajstić information content (AvgIpc) is 2.59. The van der Waals surface area contributed by atoms with Crippen LogP contribution in [0.3, 0.4) is 0 Å². The number of aromatic hydroxyl groups is 1. The summed E-state index contributed by atoms with van der Waals surface area (Å²) in [4.78, 5) is 16.2. The Balaban J connectivity index is 1.85. The molecule has 23 heavy (non-hydrogen) atoms. The summed E-state index contributed by atoms with van der Waals surface area (Å²) in [7, 11) is 0. The summed E-state index contributed by atoms with van der Waals surface area (Å²) in [5, 5.41) is 15.9. The lowest BCUT2D eigenvalue weighted by Gasteiger charge is -2.06. The fourth-order valence-corrected chi connectivity index (χ4v) is 2.26. The number of amides is 1. The van der Waals surface area contributed by atoms with Crippen LogP contribution in [0.15, 0.2) is 66.0 Å². The number of phenolic OH excluding ortho intramolecular Hbond substituents is 1. The Labute approximate surface area is 133 Å². The standard InChI is InChI=1S/C18H15N3O2/c1-12(13-6-8-19-9-7-13)20-21-18(23)16-10-14-4-2-3-5-15(14)11-17(16)22/h2-11,22H,1H3,(H,21,23)/b20-12-. The number of carbonyl (C=O) groups is 1. The van der Waals surface area contributed by atoms with Crippen molar-refractivity contribution in [1.29, 1.82) is 0 Å². The molecule has 0 saturated carbocycles. The molecule has 0 fully saturated rings. The first-order chi connectivity index (χ1) is 11.1. The van der Waals surface area contributed by atoms with Gasteiger partial charge in [0, 0.05) is 18.0 Å². The molecule has 3 rings (SSSR count). The molecule has 2 aromatic carbocycles. The van der Waals surface area contributed by atoms with Crippen molar-refractivity contribution in [2.24, 2.45) is 5.10 Å². The van der Waals surface area contributed by atoms with Crippen LogP contribution in [0, 0.1) is 0 Å². The van der Waals surface area contributed by atoms with Gasteiger partial charge in [-0.05, 0) is 42.0 Å². The zero-order valence-electron chi connectivity index (χ0n) is 12.5. The van der Waals surface area contributed by atoms with E-state index in [4.69, 9.17) is 0 Å². The van der Waals surface area contributed by atoms with Crippen molar-refractivity contribution in [3.63, 3.8) is 0 Å². The zero-order chi connectivity index (χ0) is 16.2. The van der Waals surface area contributed by atoms with Crippen LogP contribution in [0.25, 0.3) is 10.8 Å². The Morgan fingerprint density at radius 3 is 2.43 bits per heavy atom. The highest BCUT2D eigenvalue weighted by molar-refractivity contribution is 6.03. The predicted molar refractivity (Wildman–Crippen MR) is 89.5 cm³/mol. The van der Waals surface area contributed by atoms with Crippen LogP contribution in [0.1, 0.15) is 22.8 Å². The van der Waals surface area contributed by atoms with E-state index in [-0.39, 0.29) is 11.3 Å². The molecule has 114 valence electrons. The summed E-state index contributed by atoms with van der Waals surface area (Å²) in [5.74, 6) is -0.528. The Hall–Kier alpha value is -3.21. The Morgan fingerprint density at radius 1 is 1.09 bits per heavy atom. The van der Waals surface area contributed by atoms with Gasteiger partial charge in [-0.2, -0.15) is 5.10 Å². The smallest absolute Gasteiger partial charge is 0.275 e.